The van der Waals surface area contributed by atoms with Gasteiger partial charge in [-0.3, -0.25) is 0 Å². The molecule has 0 aliphatic carbocycles. The highest BCUT2D eigenvalue weighted by Gasteiger charge is 2.17. The maximum atomic E-state index is 5.54. The Balaban J connectivity index is 2.18. The molecule has 0 amide bonds. The standard InChI is InChI=1S/C7H15NO2/c1-6-3-8-4-7(10-6)5-9-2/h6-8H,3-5H2,1-2H3/t6-,7-/m1/s1. The predicted molar refractivity (Wildman–Crippen MR) is 39.1 cm³/mol. The van der Waals surface area contributed by atoms with Crippen molar-refractivity contribution in [2.45, 2.75) is 19.1 Å². The van der Waals surface area contributed by atoms with E-state index >= 15 is 0 Å². The minimum Gasteiger partial charge on any atom is -0.382 e. The molecule has 2 atom stereocenters. The smallest absolute Gasteiger partial charge is 0.0936 e. The van der Waals surface area contributed by atoms with Gasteiger partial charge in [0.05, 0.1) is 18.8 Å². The molecule has 0 radical (unpaired) electrons. The van der Waals surface area contributed by atoms with E-state index in [0.717, 1.165) is 13.1 Å². The number of rotatable bonds is 2. The summed E-state index contributed by atoms with van der Waals surface area (Å²) in [4.78, 5) is 0. The van der Waals surface area contributed by atoms with Gasteiger partial charge in [0.1, 0.15) is 0 Å². The van der Waals surface area contributed by atoms with Gasteiger partial charge >= 0.3 is 0 Å². The Hall–Kier alpha value is -0.120. The molecule has 0 saturated carbocycles. The zero-order valence-corrected chi connectivity index (χ0v) is 6.59. The number of methoxy groups -OCH3 is 1. The van der Waals surface area contributed by atoms with Gasteiger partial charge in [-0.15, -0.1) is 0 Å². The van der Waals surface area contributed by atoms with Crippen molar-refractivity contribution in [1.29, 1.82) is 0 Å². The zero-order valence-electron chi connectivity index (χ0n) is 6.59. The fourth-order valence-electron chi connectivity index (χ4n) is 1.16. The van der Waals surface area contributed by atoms with Crippen molar-refractivity contribution >= 4 is 0 Å². The Morgan fingerprint density at radius 2 is 2.40 bits per heavy atom. The summed E-state index contributed by atoms with van der Waals surface area (Å²) < 4.78 is 10.5. The van der Waals surface area contributed by atoms with Crippen LogP contribution in [0.5, 0.6) is 0 Å². The highest BCUT2D eigenvalue weighted by atomic mass is 16.5. The molecule has 1 N–H and O–H groups in total. The molecule has 0 bridgehead atoms. The number of ether oxygens (including phenoxy) is 2. The van der Waals surface area contributed by atoms with Crippen LogP contribution in [0.15, 0.2) is 0 Å². The van der Waals surface area contributed by atoms with Crippen LogP contribution in [0.2, 0.25) is 0 Å². The summed E-state index contributed by atoms with van der Waals surface area (Å²) in [6.07, 6.45) is 0.572. The van der Waals surface area contributed by atoms with Crippen molar-refractivity contribution in [2.24, 2.45) is 0 Å². The average molecular weight is 145 g/mol. The summed E-state index contributed by atoms with van der Waals surface area (Å²) in [5.41, 5.74) is 0. The van der Waals surface area contributed by atoms with Gasteiger partial charge in [-0.25, -0.2) is 0 Å². The maximum absolute atomic E-state index is 5.54. The van der Waals surface area contributed by atoms with Crippen LogP contribution >= 0.6 is 0 Å². The molecule has 1 fully saturated rings. The van der Waals surface area contributed by atoms with Crippen LogP contribution in [-0.2, 0) is 9.47 Å². The van der Waals surface area contributed by atoms with Crippen LogP contribution in [0.3, 0.4) is 0 Å². The van der Waals surface area contributed by atoms with Gasteiger partial charge in [0.25, 0.3) is 0 Å². The topological polar surface area (TPSA) is 30.5 Å². The summed E-state index contributed by atoms with van der Waals surface area (Å²) in [6.45, 7) is 4.63. The fraction of sp³-hybridized carbons (Fsp3) is 1.00. The van der Waals surface area contributed by atoms with Gasteiger partial charge in [-0.1, -0.05) is 0 Å². The Kier molecular flexibility index (Phi) is 3.12. The predicted octanol–water partition coefficient (Wildman–Crippen LogP) is 0.00970. The molecule has 1 aliphatic rings. The molecule has 0 spiro atoms. The summed E-state index contributed by atoms with van der Waals surface area (Å²) in [5.74, 6) is 0. The first-order valence-corrected chi connectivity index (χ1v) is 3.68. The van der Waals surface area contributed by atoms with Crippen LogP contribution in [0.1, 0.15) is 6.92 Å². The molecule has 0 aromatic rings. The molecule has 0 unspecified atom stereocenters. The molecule has 0 aromatic carbocycles. The van der Waals surface area contributed by atoms with Crippen molar-refractivity contribution in [2.75, 3.05) is 26.8 Å². The maximum Gasteiger partial charge on any atom is 0.0936 e. The quantitative estimate of drug-likeness (QED) is 0.593. The minimum atomic E-state index is 0.244. The second kappa shape index (κ2) is 3.91. The fourth-order valence-corrected chi connectivity index (χ4v) is 1.16. The van der Waals surface area contributed by atoms with Crippen molar-refractivity contribution < 1.29 is 9.47 Å². The lowest BCUT2D eigenvalue weighted by atomic mass is 10.2. The Morgan fingerprint density at radius 1 is 1.60 bits per heavy atom. The largest absolute Gasteiger partial charge is 0.382 e. The van der Waals surface area contributed by atoms with Crippen LogP contribution < -0.4 is 5.32 Å². The van der Waals surface area contributed by atoms with Gasteiger partial charge in [-0.2, -0.15) is 0 Å². The van der Waals surface area contributed by atoms with Gasteiger partial charge < -0.3 is 14.8 Å². The van der Waals surface area contributed by atoms with E-state index in [9.17, 15) is 0 Å². The molecule has 1 saturated heterocycles. The van der Waals surface area contributed by atoms with Crippen molar-refractivity contribution in [3.63, 3.8) is 0 Å². The third-order valence-corrected chi connectivity index (χ3v) is 1.58. The highest BCUT2D eigenvalue weighted by Crippen LogP contribution is 2.02. The van der Waals surface area contributed by atoms with Gasteiger partial charge in [0, 0.05) is 20.2 Å². The van der Waals surface area contributed by atoms with E-state index in [1.54, 1.807) is 7.11 Å². The lowest BCUT2D eigenvalue weighted by Gasteiger charge is -2.27. The molecule has 1 rings (SSSR count). The van der Waals surface area contributed by atoms with E-state index in [1.165, 1.54) is 0 Å². The van der Waals surface area contributed by atoms with Crippen LogP contribution in [-0.4, -0.2) is 39.0 Å². The second-order valence-corrected chi connectivity index (χ2v) is 2.68. The number of hydrogen-bond acceptors (Lipinski definition) is 3. The molecule has 3 nitrogen and oxygen atoms in total. The number of nitrogens with one attached hydrogen (secondary N) is 1. The minimum absolute atomic E-state index is 0.244. The lowest BCUT2D eigenvalue weighted by molar-refractivity contribution is -0.0602. The van der Waals surface area contributed by atoms with Gasteiger partial charge in [0.2, 0.25) is 0 Å². The molecule has 3 heteroatoms. The van der Waals surface area contributed by atoms with Gasteiger partial charge in [-0.05, 0) is 6.92 Å². The average Bonchev–Trinajstić information content (AvgIpc) is 1.88. The third-order valence-electron chi connectivity index (χ3n) is 1.58. The molecular weight excluding hydrogens is 130 g/mol. The van der Waals surface area contributed by atoms with E-state index in [4.69, 9.17) is 9.47 Å². The Bertz CT molecular complexity index is 95.6. The summed E-state index contributed by atoms with van der Waals surface area (Å²) in [6, 6.07) is 0. The third kappa shape index (κ3) is 2.25. The molecule has 1 heterocycles. The van der Waals surface area contributed by atoms with Crippen LogP contribution in [0, 0.1) is 0 Å². The zero-order chi connectivity index (χ0) is 7.40. The SMILES string of the molecule is COC[C@H]1CNC[C@@H](C)O1. The van der Waals surface area contributed by atoms with E-state index in [-0.39, 0.29) is 6.10 Å². The number of morpholine rings is 1. The van der Waals surface area contributed by atoms with E-state index in [0.29, 0.717) is 12.7 Å². The summed E-state index contributed by atoms with van der Waals surface area (Å²) >= 11 is 0. The Morgan fingerprint density at radius 3 is 3.00 bits per heavy atom. The van der Waals surface area contributed by atoms with Crippen molar-refractivity contribution in [3.8, 4) is 0 Å². The monoisotopic (exact) mass is 145 g/mol. The van der Waals surface area contributed by atoms with Gasteiger partial charge in [0.15, 0.2) is 0 Å². The van der Waals surface area contributed by atoms with Crippen LogP contribution in [0.25, 0.3) is 0 Å². The van der Waals surface area contributed by atoms with Crippen LogP contribution in [0.4, 0.5) is 0 Å². The van der Waals surface area contributed by atoms with E-state index < -0.39 is 0 Å². The molecule has 0 aromatic heterocycles. The highest BCUT2D eigenvalue weighted by molar-refractivity contribution is 4.70. The first-order valence-electron chi connectivity index (χ1n) is 3.68. The van der Waals surface area contributed by atoms with Crippen molar-refractivity contribution in [3.05, 3.63) is 0 Å². The van der Waals surface area contributed by atoms with E-state index in [1.807, 2.05) is 0 Å². The Labute approximate surface area is 61.7 Å². The lowest BCUT2D eigenvalue weighted by Crippen LogP contribution is -2.45. The second-order valence-electron chi connectivity index (χ2n) is 2.68. The van der Waals surface area contributed by atoms with Crippen molar-refractivity contribution in [1.82, 2.24) is 5.32 Å². The molecule has 1 aliphatic heterocycles. The first kappa shape index (κ1) is 7.98. The molecular formula is C7H15NO2. The summed E-state index contributed by atoms with van der Waals surface area (Å²) in [7, 11) is 1.70. The number of hydrogen-bond donors (Lipinski definition) is 1. The molecule has 10 heavy (non-hydrogen) atoms. The first-order chi connectivity index (χ1) is 4.83. The molecule has 60 valence electrons. The summed E-state index contributed by atoms with van der Waals surface area (Å²) in [5, 5.41) is 3.26. The normalized spacial score (nSPS) is 34.2. The van der Waals surface area contributed by atoms with E-state index in [2.05, 4.69) is 12.2 Å².